The third-order valence-corrected chi connectivity index (χ3v) is 5.21. The van der Waals surface area contributed by atoms with Crippen LogP contribution in [0.25, 0.3) is 10.8 Å². The van der Waals surface area contributed by atoms with E-state index in [9.17, 15) is 19.5 Å². The average Bonchev–Trinajstić information content (AvgIpc) is 2.78. The van der Waals surface area contributed by atoms with Crippen molar-refractivity contribution < 1.29 is 19.5 Å². The number of benzene rings is 3. The summed E-state index contributed by atoms with van der Waals surface area (Å²) < 4.78 is 0. The zero-order valence-corrected chi connectivity index (χ0v) is 17.7. The number of thiol groups is 1. The molecule has 0 aliphatic rings. The molecule has 0 radical (unpaired) electrons. The van der Waals surface area contributed by atoms with E-state index in [0.29, 0.717) is 11.3 Å². The summed E-state index contributed by atoms with van der Waals surface area (Å²) in [7, 11) is 0. The van der Waals surface area contributed by atoms with Crippen molar-refractivity contribution in [1.29, 1.82) is 0 Å². The molecule has 3 aromatic carbocycles. The lowest BCUT2D eigenvalue weighted by atomic mass is 10.0. The van der Waals surface area contributed by atoms with E-state index in [1.165, 1.54) is 0 Å². The van der Waals surface area contributed by atoms with Crippen LogP contribution < -0.4 is 10.6 Å². The van der Waals surface area contributed by atoms with Crippen molar-refractivity contribution in [3.8, 4) is 0 Å². The number of amides is 2. The summed E-state index contributed by atoms with van der Waals surface area (Å²) in [4.78, 5) is 37.3. The SMILES string of the molecule is O=C(N[C@@H](Cc1ccccc1)C(=O)NC(CCS)C(=O)O)c1ccc2ccccc2c1. The van der Waals surface area contributed by atoms with Crippen molar-refractivity contribution in [2.45, 2.75) is 24.9 Å². The first-order valence-corrected chi connectivity index (χ1v) is 10.6. The van der Waals surface area contributed by atoms with Gasteiger partial charge in [0.2, 0.25) is 5.91 Å². The highest BCUT2D eigenvalue weighted by Crippen LogP contribution is 2.16. The Hall–Kier alpha value is -3.32. The molecule has 7 heteroatoms. The summed E-state index contributed by atoms with van der Waals surface area (Å²) in [5.41, 5.74) is 1.28. The molecule has 0 saturated carbocycles. The normalized spacial score (nSPS) is 12.7. The summed E-state index contributed by atoms with van der Waals surface area (Å²) in [5, 5.41) is 16.6. The Bertz CT molecular complexity index is 1070. The first-order valence-electron chi connectivity index (χ1n) is 9.95. The molecule has 0 aromatic heterocycles. The standard InChI is InChI=1S/C24H24N2O4S/c27-22(19-11-10-17-8-4-5-9-18(17)15-19)26-21(14-16-6-2-1-3-7-16)23(28)25-20(12-13-31)24(29)30/h1-11,15,20-21,31H,12-14H2,(H,25,28)(H,26,27)(H,29,30)/t20?,21-/m0/s1. The van der Waals surface area contributed by atoms with Gasteiger partial charge in [-0.15, -0.1) is 0 Å². The zero-order chi connectivity index (χ0) is 22.2. The Kier molecular flexibility index (Phi) is 7.67. The van der Waals surface area contributed by atoms with Gasteiger partial charge in [0.25, 0.3) is 5.91 Å². The van der Waals surface area contributed by atoms with Gasteiger partial charge in [-0.2, -0.15) is 12.6 Å². The van der Waals surface area contributed by atoms with Crippen LogP contribution in [-0.2, 0) is 16.0 Å². The second-order valence-electron chi connectivity index (χ2n) is 7.19. The second kappa shape index (κ2) is 10.6. The summed E-state index contributed by atoms with van der Waals surface area (Å²) in [5.74, 6) is -1.78. The molecule has 0 fully saturated rings. The fourth-order valence-corrected chi connectivity index (χ4v) is 3.55. The molecular formula is C24H24N2O4S. The number of carbonyl (C=O) groups is 3. The lowest BCUT2D eigenvalue weighted by Crippen LogP contribution is -2.52. The van der Waals surface area contributed by atoms with Crippen LogP contribution in [0.5, 0.6) is 0 Å². The van der Waals surface area contributed by atoms with Gasteiger partial charge in [-0.05, 0) is 40.6 Å². The Morgan fingerprint density at radius 3 is 2.19 bits per heavy atom. The van der Waals surface area contributed by atoms with Crippen LogP contribution in [0.1, 0.15) is 22.3 Å². The number of carboxylic acids is 1. The number of hydrogen-bond donors (Lipinski definition) is 4. The summed E-state index contributed by atoms with van der Waals surface area (Å²) >= 11 is 4.06. The monoisotopic (exact) mass is 436 g/mol. The minimum Gasteiger partial charge on any atom is -0.480 e. The molecule has 0 aliphatic heterocycles. The molecule has 0 aliphatic carbocycles. The lowest BCUT2D eigenvalue weighted by molar-refractivity contribution is -0.142. The van der Waals surface area contributed by atoms with Crippen LogP contribution in [0, 0.1) is 0 Å². The van der Waals surface area contributed by atoms with E-state index in [4.69, 9.17) is 0 Å². The van der Waals surface area contributed by atoms with Crippen molar-refractivity contribution >= 4 is 41.2 Å². The Balaban J connectivity index is 1.81. The maximum absolute atomic E-state index is 12.9. The number of carboxylic acid groups (broad SMARTS) is 1. The number of rotatable bonds is 9. The Morgan fingerprint density at radius 2 is 1.52 bits per heavy atom. The predicted octanol–water partition coefficient (Wildman–Crippen LogP) is 3.07. The number of aliphatic carboxylic acids is 1. The molecule has 160 valence electrons. The van der Waals surface area contributed by atoms with Crippen LogP contribution >= 0.6 is 12.6 Å². The van der Waals surface area contributed by atoms with E-state index in [-0.39, 0.29) is 12.8 Å². The molecule has 1 unspecified atom stereocenters. The lowest BCUT2D eigenvalue weighted by Gasteiger charge is -2.21. The fraction of sp³-hybridized carbons (Fsp3) is 0.208. The minimum absolute atomic E-state index is 0.181. The number of hydrogen-bond acceptors (Lipinski definition) is 4. The van der Waals surface area contributed by atoms with Gasteiger partial charge < -0.3 is 15.7 Å². The molecule has 0 saturated heterocycles. The molecule has 2 atom stereocenters. The van der Waals surface area contributed by atoms with E-state index in [0.717, 1.165) is 16.3 Å². The van der Waals surface area contributed by atoms with Crippen molar-refractivity contribution in [1.82, 2.24) is 10.6 Å². The highest BCUT2D eigenvalue weighted by atomic mass is 32.1. The second-order valence-corrected chi connectivity index (χ2v) is 7.64. The predicted molar refractivity (Wildman–Crippen MR) is 123 cm³/mol. The van der Waals surface area contributed by atoms with Crippen LogP contribution in [0.15, 0.2) is 72.8 Å². The molecule has 3 rings (SSSR count). The van der Waals surface area contributed by atoms with Crippen molar-refractivity contribution in [2.24, 2.45) is 0 Å². The number of carbonyl (C=O) groups excluding carboxylic acids is 2. The molecule has 2 amide bonds. The van der Waals surface area contributed by atoms with Crippen LogP contribution in [-0.4, -0.2) is 40.7 Å². The fourth-order valence-electron chi connectivity index (χ4n) is 3.29. The van der Waals surface area contributed by atoms with Gasteiger partial charge in [0.05, 0.1) is 0 Å². The van der Waals surface area contributed by atoms with Crippen LogP contribution in [0.4, 0.5) is 0 Å². The summed E-state index contributed by atoms with van der Waals surface area (Å²) in [6.07, 6.45) is 0.417. The highest BCUT2D eigenvalue weighted by molar-refractivity contribution is 7.80. The van der Waals surface area contributed by atoms with E-state index in [1.807, 2.05) is 60.7 Å². The summed E-state index contributed by atoms with van der Waals surface area (Å²) in [6, 6.07) is 20.3. The zero-order valence-electron chi connectivity index (χ0n) is 16.8. The minimum atomic E-state index is -1.14. The molecule has 0 spiro atoms. The van der Waals surface area contributed by atoms with Gasteiger partial charge in [0.15, 0.2) is 0 Å². The van der Waals surface area contributed by atoms with Gasteiger partial charge >= 0.3 is 5.97 Å². The van der Waals surface area contributed by atoms with E-state index in [1.54, 1.807) is 12.1 Å². The number of fused-ring (bicyclic) bond motifs is 1. The third-order valence-electron chi connectivity index (χ3n) is 4.95. The van der Waals surface area contributed by atoms with Gasteiger partial charge in [-0.25, -0.2) is 4.79 Å². The van der Waals surface area contributed by atoms with E-state index < -0.39 is 29.9 Å². The maximum atomic E-state index is 12.9. The number of nitrogens with one attached hydrogen (secondary N) is 2. The van der Waals surface area contributed by atoms with Gasteiger partial charge in [0.1, 0.15) is 12.1 Å². The smallest absolute Gasteiger partial charge is 0.326 e. The maximum Gasteiger partial charge on any atom is 0.326 e. The average molecular weight is 437 g/mol. The third kappa shape index (κ3) is 6.08. The molecule has 31 heavy (non-hydrogen) atoms. The van der Waals surface area contributed by atoms with Crippen molar-refractivity contribution in [3.63, 3.8) is 0 Å². The van der Waals surface area contributed by atoms with Crippen molar-refractivity contribution in [3.05, 3.63) is 83.9 Å². The quantitative estimate of drug-likeness (QED) is 0.388. The van der Waals surface area contributed by atoms with Gasteiger partial charge in [0, 0.05) is 12.0 Å². The topological polar surface area (TPSA) is 95.5 Å². The molecule has 0 bridgehead atoms. The molecule has 3 N–H and O–H groups in total. The largest absolute Gasteiger partial charge is 0.480 e. The molecule has 3 aromatic rings. The molecular weight excluding hydrogens is 412 g/mol. The van der Waals surface area contributed by atoms with E-state index in [2.05, 4.69) is 23.3 Å². The molecule has 6 nitrogen and oxygen atoms in total. The first-order chi connectivity index (χ1) is 15.0. The van der Waals surface area contributed by atoms with Crippen molar-refractivity contribution in [2.75, 3.05) is 5.75 Å². The van der Waals surface area contributed by atoms with Gasteiger partial charge in [-0.3, -0.25) is 9.59 Å². The summed E-state index contributed by atoms with van der Waals surface area (Å²) in [6.45, 7) is 0. The van der Waals surface area contributed by atoms with E-state index >= 15 is 0 Å². The van der Waals surface area contributed by atoms with Crippen LogP contribution in [0.2, 0.25) is 0 Å². The molecule has 0 heterocycles. The Morgan fingerprint density at radius 1 is 0.839 bits per heavy atom. The highest BCUT2D eigenvalue weighted by Gasteiger charge is 2.26. The van der Waals surface area contributed by atoms with Gasteiger partial charge in [-0.1, -0.05) is 60.7 Å². The first kappa shape index (κ1) is 22.4. The van der Waals surface area contributed by atoms with Crippen LogP contribution in [0.3, 0.4) is 0 Å². The Labute approximate surface area is 186 Å².